The number of rotatable bonds is 4. The van der Waals surface area contributed by atoms with Gasteiger partial charge in [0, 0.05) is 30.7 Å². The molecule has 0 fully saturated rings. The molecule has 2 heterocycles. The predicted octanol–water partition coefficient (Wildman–Crippen LogP) is 2.11. The summed E-state index contributed by atoms with van der Waals surface area (Å²) in [6.07, 6.45) is 0. The highest BCUT2D eigenvalue weighted by molar-refractivity contribution is 5.84. The Morgan fingerprint density at radius 2 is 2.38 bits per heavy atom. The zero-order valence-electron chi connectivity index (χ0n) is 12.6. The Kier molecular flexibility index (Phi) is 3.97. The van der Waals surface area contributed by atoms with Gasteiger partial charge < -0.3 is 9.47 Å². The Hall–Kier alpha value is -3.25. The molecule has 24 heavy (non-hydrogen) atoms. The third-order valence-corrected chi connectivity index (χ3v) is 3.85. The number of methoxy groups -OCH3 is 1. The van der Waals surface area contributed by atoms with Gasteiger partial charge in [0.1, 0.15) is 5.92 Å². The molecule has 3 rings (SSSR count). The number of aromatic amines is 1. The van der Waals surface area contributed by atoms with Crippen molar-refractivity contribution in [3.8, 4) is 11.9 Å². The van der Waals surface area contributed by atoms with Crippen molar-refractivity contribution in [2.24, 2.45) is 5.92 Å². The van der Waals surface area contributed by atoms with E-state index in [1.54, 1.807) is 12.1 Å². The Morgan fingerprint density at radius 3 is 3.04 bits per heavy atom. The van der Waals surface area contributed by atoms with Crippen LogP contribution in [0.4, 0.5) is 5.69 Å². The third-order valence-electron chi connectivity index (χ3n) is 3.85. The summed E-state index contributed by atoms with van der Waals surface area (Å²) >= 11 is 0. The molecule has 1 aliphatic rings. The topological polar surface area (TPSA) is 138 Å². The van der Waals surface area contributed by atoms with Gasteiger partial charge in [-0.05, 0) is 5.56 Å². The van der Waals surface area contributed by atoms with Gasteiger partial charge in [0.15, 0.2) is 0 Å². The minimum Gasteiger partial charge on any atom is -0.422 e. The molecule has 0 saturated carbocycles. The highest BCUT2D eigenvalue weighted by Gasteiger charge is 2.40. The summed E-state index contributed by atoms with van der Waals surface area (Å²) < 4.78 is 10.4. The second kappa shape index (κ2) is 6.10. The fraction of sp³-hybridized carbons (Fsp3) is 0.267. The van der Waals surface area contributed by atoms with Crippen LogP contribution in [0.25, 0.3) is 0 Å². The van der Waals surface area contributed by atoms with Crippen molar-refractivity contribution in [1.29, 1.82) is 10.7 Å². The summed E-state index contributed by atoms with van der Waals surface area (Å²) in [5, 5.41) is 35.3. The van der Waals surface area contributed by atoms with Gasteiger partial charge in [0.2, 0.25) is 11.8 Å². The van der Waals surface area contributed by atoms with E-state index >= 15 is 0 Å². The number of benzene rings is 1. The van der Waals surface area contributed by atoms with Gasteiger partial charge in [0.05, 0.1) is 23.3 Å². The molecule has 0 bridgehead atoms. The van der Waals surface area contributed by atoms with E-state index in [1.165, 1.54) is 19.2 Å². The lowest BCUT2D eigenvalue weighted by atomic mass is 9.79. The molecular formula is C15H13N5O4. The van der Waals surface area contributed by atoms with Crippen LogP contribution < -0.4 is 4.74 Å². The van der Waals surface area contributed by atoms with E-state index in [1.807, 2.05) is 6.07 Å². The molecule has 0 spiro atoms. The number of H-pyrrole nitrogens is 1. The van der Waals surface area contributed by atoms with Gasteiger partial charge in [-0.3, -0.25) is 20.6 Å². The first-order valence-corrected chi connectivity index (χ1v) is 7.03. The van der Waals surface area contributed by atoms with Gasteiger partial charge >= 0.3 is 0 Å². The van der Waals surface area contributed by atoms with Crippen molar-refractivity contribution in [3.63, 3.8) is 0 Å². The minimum atomic E-state index is -0.910. The average Bonchev–Trinajstić information content (AvgIpc) is 2.96. The quantitative estimate of drug-likeness (QED) is 0.651. The third kappa shape index (κ3) is 2.49. The molecule has 9 nitrogen and oxygen atoms in total. The van der Waals surface area contributed by atoms with Crippen LogP contribution in [-0.4, -0.2) is 28.1 Å². The molecule has 2 N–H and O–H groups in total. The van der Waals surface area contributed by atoms with Crippen LogP contribution >= 0.6 is 0 Å². The van der Waals surface area contributed by atoms with E-state index in [0.29, 0.717) is 16.8 Å². The number of nitro groups is 1. The molecule has 1 aromatic carbocycles. The molecule has 0 amide bonds. The maximum atomic E-state index is 11.1. The van der Waals surface area contributed by atoms with Crippen molar-refractivity contribution in [3.05, 3.63) is 51.2 Å². The molecule has 1 aliphatic heterocycles. The molecular weight excluding hydrogens is 314 g/mol. The number of hydrogen-bond donors (Lipinski definition) is 2. The molecule has 2 atom stereocenters. The van der Waals surface area contributed by atoms with E-state index in [2.05, 4.69) is 10.2 Å². The second-order valence-corrected chi connectivity index (χ2v) is 5.26. The van der Waals surface area contributed by atoms with E-state index < -0.39 is 16.8 Å². The number of ether oxygens (including phenoxy) is 2. The first kappa shape index (κ1) is 15.6. The smallest absolute Gasteiger partial charge is 0.269 e. The summed E-state index contributed by atoms with van der Waals surface area (Å²) in [5.74, 6) is -1.56. The van der Waals surface area contributed by atoms with E-state index in [9.17, 15) is 15.4 Å². The average molecular weight is 327 g/mol. The Bertz CT molecular complexity index is 854. The van der Waals surface area contributed by atoms with Gasteiger partial charge in [-0.2, -0.15) is 5.26 Å². The van der Waals surface area contributed by atoms with Gasteiger partial charge in [-0.1, -0.05) is 12.1 Å². The number of nitro benzene ring substituents is 1. The lowest BCUT2D eigenvalue weighted by Crippen LogP contribution is -2.31. The van der Waals surface area contributed by atoms with E-state index in [4.69, 9.17) is 14.9 Å². The van der Waals surface area contributed by atoms with Gasteiger partial charge in [-0.25, -0.2) is 0 Å². The Morgan fingerprint density at radius 1 is 1.58 bits per heavy atom. The van der Waals surface area contributed by atoms with Crippen molar-refractivity contribution >= 4 is 11.6 Å². The molecule has 0 saturated heterocycles. The zero-order chi connectivity index (χ0) is 17.3. The number of non-ortho nitro benzene ring substituents is 1. The van der Waals surface area contributed by atoms with Crippen molar-refractivity contribution in [2.45, 2.75) is 12.5 Å². The first-order valence-electron chi connectivity index (χ1n) is 7.03. The minimum absolute atomic E-state index is 0.0828. The number of fused-ring (bicyclic) bond motifs is 1. The highest BCUT2D eigenvalue weighted by atomic mass is 16.6. The van der Waals surface area contributed by atoms with Crippen LogP contribution in [0.15, 0.2) is 24.3 Å². The van der Waals surface area contributed by atoms with Crippen molar-refractivity contribution < 1.29 is 14.4 Å². The summed E-state index contributed by atoms with van der Waals surface area (Å²) in [4.78, 5) is 10.6. The fourth-order valence-corrected chi connectivity index (χ4v) is 2.83. The van der Waals surface area contributed by atoms with Gasteiger partial charge in [0.25, 0.3) is 5.69 Å². The summed E-state index contributed by atoms with van der Waals surface area (Å²) in [6, 6.07) is 8.07. The van der Waals surface area contributed by atoms with Crippen LogP contribution in [0, 0.1) is 32.8 Å². The maximum Gasteiger partial charge on any atom is 0.269 e. The summed E-state index contributed by atoms with van der Waals surface area (Å²) in [7, 11) is 1.52. The standard InChI is InChI=1S/C15H13N5O4/c1-23-7-11-13-12(8-3-2-4-9(5-8)20(21)22)10(6-16)14(17)24-15(13)19-18-11/h2-5,10,12,17H,7H2,1H3,(H,18,19). The SMILES string of the molecule is COCc1[nH]nc2c1C(c1cccc([N+](=O)[O-])c1)C(C#N)C(=N)O2. The largest absolute Gasteiger partial charge is 0.422 e. The number of nitriles is 1. The monoisotopic (exact) mass is 327 g/mol. The Balaban J connectivity index is 2.19. The number of aromatic nitrogens is 2. The van der Waals surface area contributed by atoms with Crippen LogP contribution in [0.3, 0.4) is 0 Å². The van der Waals surface area contributed by atoms with Crippen LogP contribution in [0.1, 0.15) is 22.7 Å². The predicted molar refractivity (Wildman–Crippen MR) is 81.7 cm³/mol. The molecule has 0 radical (unpaired) electrons. The second-order valence-electron chi connectivity index (χ2n) is 5.26. The zero-order valence-corrected chi connectivity index (χ0v) is 12.6. The van der Waals surface area contributed by atoms with Crippen molar-refractivity contribution in [2.75, 3.05) is 7.11 Å². The lowest BCUT2D eigenvalue weighted by molar-refractivity contribution is -0.384. The molecule has 0 aliphatic carbocycles. The molecule has 9 heteroatoms. The first-order chi connectivity index (χ1) is 11.6. The van der Waals surface area contributed by atoms with Crippen molar-refractivity contribution in [1.82, 2.24) is 10.2 Å². The summed E-state index contributed by atoms with van der Waals surface area (Å²) in [6.45, 7) is 0.211. The van der Waals surface area contributed by atoms with Crippen LogP contribution in [0.2, 0.25) is 0 Å². The molecule has 1 aromatic heterocycles. The molecule has 2 aromatic rings. The normalized spacial score (nSPS) is 19.2. The summed E-state index contributed by atoms with van der Waals surface area (Å²) in [5.41, 5.74) is 1.65. The molecule has 122 valence electrons. The van der Waals surface area contributed by atoms with Crippen LogP contribution in [0.5, 0.6) is 5.88 Å². The van der Waals surface area contributed by atoms with E-state index in [-0.39, 0.29) is 24.1 Å². The van der Waals surface area contributed by atoms with Crippen LogP contribution in [-0.2, 0) is 11.3 Å². The highest BCUT2D eigenvalue weighted by Crippen LogP contribution is 2.43. The Labute approximate surface area is 136 Å². The number of nitrogens with one attached hydrogen (secondary N) is 2. The van der Waals surface area contributed by atoms with E-state index in [0.717, 1.165) is 0 Å². The maximum absolute atomic E-state index is 11.1. The lowest BCUT2D eigenvalue weighted by Gasteiger charge is -2.27. The molecule has 2 unspecified atom stereocenters. The number of hydrogen-bond acceptors (Lipinski definition) is 7. The van der Waals surface area contributed by atoms with Gasteiger partial charge in [-0.15, -0.1) is 5.10 Å². The fourth-order valence-electron chi connectivity index (χ4n) is 2.83. The number of nitrogens with zero attached hydrogens (tertiary/aromatic N) is 3.